The summed E-state index contributed by atoms with van der Waals surface area (Å²) < 4.78 is 11.2. The van der Waals surface area contributed by atoms with Gasteiger partial charge in [0, 0.05) is 40.6 Å². The predicted molar refractivity (Wildman–Crippen MR) is 187 cm³/mol. The highest BCUT2D eigenvalue weighted by Crippen LogP contribution is 2.33. The van der Waals surface area contributed by atoms with Gasteiger partial charge >= 0.3 is 0 Å². The Morgan fingerprint density at radius 3 is 2.19 bits per heavy atom. The molecule has 0 unspecified atom stereocenters. The van der Waals surface area contributed by atoms with Gasteiger partial charge in [0.05, 0.1) is 43.1 Å². The van der Waals surface area contributed by atoms with Gasteiger partial charge < -0.3 is 24.8 Å². The molecule has 0 aromatic heterocycles. The first-order valence-corrected chi connectivity index (χ1v) is 17.0. The van der Waals surface area contributed by atoms with E-state index in [1.807, 2.05) is 13.8 Å². The largest absolute Gasteiger partial charge is 0.493 e. The molecule has 2 N–H and O–H groups in total. The standard InChI is InChI=1S/C35H38BrCl2N3O7/c1-20(2)15-28(39-33(44)25-17-30(47-3)31(48-4)18-26(25)36)29(42)19-40(13-11-21-9-10-22(37)16-27(21)38)32(43)12-14-41-34(45)23-7-5-6-8-24(23)35(41)46/h5-10,16-18,20,28-29,42H,11-15,19H2,1-4H3,(H,39,44)/t28-,29-/m0/s1. The van der Waals surface area contributed by atoms with Gasteiger partial charge in [0.25, 0.3) is 17.7 Å². The summed E-state index contributed by atoms with van der Waals surface area (Å²) in [6.07, 6.45) is -0.565. The van der Waals surface area contributed by atoms with Crippen LogP contribution in [-0.2, 0) is 11.2 Å². The number of ether oxygens (including phenoxy) is 2. The van der Waals surface area contributed by atoms with Gasteiger partial charge in [-0.15, -0.1) is 0 Å². The van der Waals surface area contributed by atoms with Gasteiger partial charge in [0.1, 0.15) is 0 Å². The van der Waals surface area contributed by atoms with Crippen LogP contribution in [0.15, 0.2) is 59.1 Å². The van der Waals surface area contributed by atoms with E-state index in [-0.39, 0.29) is 43.4 Å². The lowest BCUT2D eigenvalue weighted by Crippen LogP contribution is -2.50. The molecule has 0 radical (unpaired) electrons. The normalized spacial score (nSPS) is 13.7. The second-order valence-corrected chi connectivity index (χ2v) is 13.5. The van der Waals surface area contributed by atoms with Gasteiger partial charge in [-0.2, -0.15) is 0 Å². The molecule has 4 rings (SSSR count). The Morgan fingerprint density at radius 1 is 0.979 bits per heavy atom. The van der Waals surface area contributed by atoms with Gasteiger partial charge in [0.15, 0.2) is 11.5 Å². The van der Waals surface area contributed by atoms with Crippen molar-refractivity contribution in [3.8, 4) is 11.5 Å². The second-order valence-electron chi connectivity index (χ2n) is 11.8. The van der Waals surface area contributed by atoms with Gasteiger partial charge in [-0.3, -0.25) is 24.1 Å². The molecule has 1 heterocycles. The number of rotatable bonds is 15. The Morgan fingerprint density at radius 2 is 1.60 bits per heavy atom. The first-order valence-electron chi connectivity index (χ1n) is 15.4. The van der Waals surface area contributed by atoms with Crippen LogP contribution in [0.3, 0.4) is 0 Å². The van der Waals surface area contributed by atoms with E-state index < -0.39 is 29.9 Å². The number of aliphatic hydroxyl groups excluding tert-OH is 1. The lowest BCUT2D eigenvalue weighted by atomic mass is 9.97. The molecule has 0 bridgehead atoms. The average molecular weight is 764 g/mol. The van der Waals surface area contributed by atoms with E-state index in [2.05, 4.69) is 21.2 Å². The molecule has 4 amide bonds. The number of fused-ring (bicyclic) bond motifs is 1. The van der Waals surface area contributed by atoms with E-state index in [4.69, 9.17) is 32.7 Å². The van der Waals surface area contributed by atoms with Crippen molar-refractivity contribution in [2.24, 2.45) is 5.92 Å². The van der Waals surface area contributed by atoms with Crippen molar-refractivity contribution in [2.75, 3.05) is 33.9 Å². The highest BCUT2D eigenvalue weighted by atomic mass is 79.9. The van der Waals surface area contributed by atoms with E-state index in [0.717, 1.165) is 10.5 Å². The summed E-state index contributed by atoms with van der Waals surface area (Å²) in [7, 11) is 2.96. The third kappa shape index (κ3) is 8.87. The van der Waals surface area contributed by atoms with Crippen LogP contribution in [-0.4, -0.2) is 84.5 Å². The summed E-state index contributed by atoms with van der Waals surface area (Å²) in [6, 6.07) is 14.0. The molecule has 2 atom stereocenters. The van der Waals surface area contributed by atoms with Crippen LogP contribution in [0, 0.1) is 5.92 Å². The maximum Gasteiger partial charge on any atom is 0.261 e. The predicted octanol–water partition coefficient (Wildman–Crippen LogP) is 6.04. The van der Waals surface area contributed by atoms with Gasteiger partial charge in [-0.1, -0.05) is 55.2 Å². The number of amides is 4. The van der Waals surface area contributed by atoms with Crippen molar-refractivity contribution < 1.29 is 33.8 Å². The highest BCUT2D eigenvalue weighted by Gasteiger charge is 2.36. The van der Waals surface area contributed by atoms with Crippen molar-refractivity contribution in [3.63, 3.8) is 0 Å². The van der Waals surface area contributed by atoms with E-state index in [1.54, 1.807) is 54.6 Å². The van der Waals surface area contributed by atoms with Crippen LogP contribution in [0.2, 0.25) is 10.0 Å². The fourth-order valence-corrected chi connectivity index (χ4v) is 6.56. The molecule has 0 aliphatic carbocycles. The van der Waals surface area contributed by atoms with Crippen LogP contribution >= 0.6 is 39.1 Å². The fraction of sp³-hybridized carbons (Fsp3) is 0.371. The summed E-state index contributed by atoms with van der Waals surface area (Å²) in [5.74, 6) is -0.854. The molecule has 0 spiro atoms. The molecule has 3 aromatic rings. The summed E-state index contributed by atoms with van der Waals surface area (Å²) in [5.41, 5.74) is 1.62. The number of methoxy groups -OCH3 is 2. The number of hydrogen-bond donors (Lipinski definition) is 2. The number of nitrogens with one attached hydrogen (secondary N) is 1. The monoisotopic (exact) mass is 761 g/mol. The quantitative estimate of drug-likeness (QED) is 0.181. The van der Waals surface area contributed by atoms with Crippen LogP contribution in [0.25, 0.3) is 0 Å². The van der Waals surface area contributed by atoms with Crippen LogP contribution in [0.5, 0.6) is 11.5 Å². The molecule has 48 heavy (non-hydrogen) atoms. The number of carbonyl (C=O) groups excluding carboxylic acids is 4. The molecular formula is C35H38BrCl2N3O7. The summed E-state index contributed by atoms with van der Waals surface area (Å²) in [6.45, 7) is 3.84. The van der Waals surface area contributed by atoms with E-state index >= 15 is 0 Å². The number of carbonyl (C=O) groups is 4. The SMILES string of the molecule is COc1cc(Br)c(C(=O)N[C@@H](CC(C)C)[C@@H](O)CN(CCc2ccc(Cl)cc2Cl)C(=O)CCN2C(=O)c3ccccc3C2=O)cc1OC. The smallest absolute Gasteiger partial charge is 0.261 e. The number of hydrogen-bond acceptors (Lipinski definition) is 7. The van der Waals surface area contributed by atoms with E-state index in [0.29, 0.717) is 50.0 Å². The minimum Gasteiger partial charge on any atom is -0.493 e. The lowest BCUT2D eigenvalue weighted by Gasteiger charge is -2.31. The topological polar surface area (TPSA) is 125 Å². The summed E-state index contributed by atoms with van der Waals surface area (Å²) in [4.78, 5) is 55.6. The number of aliphatic hydroxyl groups is 1. The zero-order chi connectivity index (χ0) is 35.1. The first kappa shape index (κ1) is 37.2. The fourth-order valence-electron chi connectivity index (χ4n) is 5.55. The summed E-state index contributed by atoms with van der Waals surface area (Å²) >= 11 is 15.9. The molecular weight excluding hydrogens is 725 g/mol. The van der Waals surface area contributed by atoms with Crippen molar-refractivity contribution in [2.45, 2.75) is 45.3 Å². The molecule has 3 aromatic carbocycles. The molecule has 0 fully saturated rings. The third-order valence-corrected chi connectivity index (χ3v) is 9.32. The zero-order valence-electron chi connectivity index (χ0n) is 27.1. The maximum absolute atomic E-state index is 13.7. The summed E-state index contributed by atoms with van der Waals surface area (Å²) in [5, 5.41) is 15.4. The number of imide groups is 1. The molecule has 256 valence electrons. The number of benzene rings is 3. The Balaban J connectivity index is 1.53. The Kier molecular flexibility index (Phi) is 12.9. The molecule has 1 aliphatic heterocycles. The van der Waals surface area contributed by atoms with Crippen molar-refractivity contribution in [1.82, 2.24) is 15.1 Å². The molecule has 13 heteroatoms. The van der Waals surface area contributed by atoms with E-state index in [9.17, 15) is 24.3 Å². The molecule has 0 saturated heterocycles. The minimum absolute atomic E-state index is 0.0876. The van der Waals surface area contributed by atoms with E-state index in [1.165, 1.54) is 19.1 Å². The van der Waals surface area contributed by atoms with Crippen LogP contribution < -0.4 is 14.8 Å². The number of halogens is 3. The maximum atomic E-state index is 13.7. The first-order chi connectivity index (χ1) is 22.8. The van der Waals surface area contributed by atoms with Crippen molar-refractivity contribution in [1.29, 1.82) is 0 Å². The van der Waals surface area contributed by atoms with Crippen LogP contribution in [0.4, 0.5) is 0 Å². The molecule has 1 aliphatic rings. The zero-order valence-corrected chi connectivity index (χ0v) is 30.2. The molecule has 10 nitrogen and oxygen atoms in total. The van der Waals surface area contributed by atoms with Crippen molar-refractivity contribution in [3.05, 3.63) is 91.4 Å². The second kappa shape index (κ2) is 16.6. The Labute approximate surface area is 298 Å². The van der Waals surface area contributed by atoms with Gasteiger partial charge in [-0.05, 0) is 76.7 Å². The van der Waals surface area contributed by atoms with Gasteiger partial charge in [0.2, 0.25) is 5.91 Å². The van der Waals surface area contributed by atoms with Crippen LogP contribution in [0.1, 0.15) is 63.3 Å². The molecule has 0 saturated carbocycles. The Bertz CT molecular complexity index is 1650. The average Bonchev–Trinajstić information content (AvgIpc) is 3.29. The number of nitrogens with zero attached hydrogens (tertiary/aromatic N) is 2. The third-order valence-electron chi connectivity index (χ3n) is 8.08. The van der Waals surface area contributed by atoms with Gasteiger partial charge in [-0.25, -0.2) is 0 Å². The van der Waals surface area contributed by atoms with Crippen molar-refractivity contribution >= 4 is 62.8 Å². The highest BCUT2D eigenvalue weighted by molar-refractivity contribution is 9.10. The lowest BCUT2D eigenvalue weighted by molar-refractivity contribution is -0.133. The Hall–Kier alpha value is -3.64. The minimum atomic E-state index is -1.17.